The van der Waals surface area contributed by atoms with Crippen LogP contribution in [-0.4, -0.2) is 20.7 Å². The quantitative estimate of drug-likeness (QED) is 0.945. The zero-order chi connectivity index (χ0) is 15.3. The Bertz CT molecular complexity index is 721. The van der Waals surface area contributed by atoms with E-state index in [1.165, 1.54) is 19.3 Å². The fourth-order valence-electron chi connectivity index (χ4n) is 4.19. The summed E-state index contributed by atoms with van der Waals surface area (Å²) in [7, 11) is 0. The maximum absolute atomic E-state index is 12.5. The molecule has 0 spiro atoms. The van der Waals surface area contributed by atoms with Crippen molar-refractivity contribution in [1.29, 1.82) is 0 Å². The van der Waals surface area contributed by atoms with E-state index in [9.17, 15) is 4.79 Å². The molecule has 2 saturated carbocycles. The van der Waals surface area contributed by atoms with Gasteiger partial charge in [-0.3, -0.25) is 4.79 Å². The van der Waals surface area contributed by atoms with E-state index in [0.717, 1.165) is 29.1 Å². The number of hydrogen-bond acceptors (Lipinski definition) is 3. The summed E-state index contributed by atoms with van der Waals surface area (Å²) in [6.45, 7) is 4.16. The lowest BCUT2D eigenvalue weighted by molar-refractivity contribution is -0.121. The van der Waals surface area contributed by atoms with E-state index in [1.54, 1.807) is 6.20 Å². The van der Waals surface area contributed by atoms with E-state index >= 15 is 0 Å². The lowest BCUT2D eigenvalue weighted by atomic mass is 9.88. The predicted molar refractivity (Wildman–Crippen MR) is 85.5 cm³/mol. The second-order valence-electron chi connectivity index (χ2n) is 7.09. The molecule has 5 nitrogen and oxygen atoms in total. The maximum atomic E-state index is 12.5. The van der Waals surface area contributed by atoms with E-state index in [-0.39, 0.29) is 17.9 Å². The Labute approximate surface area is 130 Å². The lowest BCUT2D eigenvalue weighted by Crippen LogP contribution is -2.27. The average molecular weight is 298 g/mol. The fraction of sp³-hybridized carbons (Fsp3) is 0.588. The van der Waals surface area contributed by atoms with Gasteiger partial charge in [-0.2, -0.15) is 5.10 Å². The molecule has 5 heteroatoms. The molecule has 0 radical (unpaired) electrons. The van der Waals surface area contributed by atoms with Crippen LogP contribution in [-0.2, 0) is 4.79 Å². The highest BCUT2D eigenvalue weighted by Gasteiger charge is 2.43. The first-order valence-electron chi connectivity index (χ1n) is 8.26. The van der Waals surface area contributed by atoms with E-state index < -0.39 is 0 Å². The number of hydrogen-bond donors (Lipinski definition) is 1. The topological polar surface area (TPSA) is 59.8 Å². The molecular formula is C17H22N4O. The summed E-state index contributed by atoms with van der Waals surface area (Å²) in [6.07, 6.45) is 8.41. The van der Waals surface area contributed by atoms with Crippen molar-refractivity contribution in [3.05, 3.63) is 18.5 Å². The van der Waals surface area contributed by atoms with Crippen LogP contribution in [0.15, 0.2) is 18.5 Å². The van der Waals surface area contributed by atoms with Crippen molar-refractivity contribution < 1.29 is 4.79 Å². The molecule has 22 heavy (non-hydrogen) atoms. The van der Waals surface area contributed by atoms with Gasteiger partial charge in [0.15, 0.2) is 5.65 Å². The molecule has 0 saturated heterocycles. The monoisotopic (exact) mass is 298 g/mol. The third kappa shape index (κ3) is 2.19. The van der Waals surface area contributed by atoms with Gasteiger partial charge in [-0.1, -0.05) is 6.42 Å². The van der Waals surface area contributed by atoms with Gasteiger partial charge in [0.2, 0.25) is 5.91 Å². The van der Waals surface area contributed by atoms with Crippen LogP contribution in [0, 0.1) is 17.8 Å². The minimum atomic E-state index is 0.171. The standard InChI is InChI=1S/C17H22N4O/c1-10(2)21-16-13(8-19-21)7-14(9-18-16)20-17(22)15-6-11-3-4-12(15)5-11/h7-12,15H,3-6H2,1-2H3,(H,20,22)/t11-,12-,15-/m0/s1. The number of nitrogens with zero attached hydrogens (tertiary/aromatic N) is 3. The maximum Gasteiger partial charge on any atom is 0.227 e. The van der Waals surface area contributed by atoms with Crippen molar-refractivity contribution in [2.24, 2.45) is 17.8 Å². The van der Waals surface area contributed by atoms with Gasteiger partial charge < -0.3 is 5.32 Å². The number of nitrogens with one attached hydrogen (secondary N) is 1. The van der Waals surface area contributed by atoms with Crippen LogP contribution >= 0.6 is 0 Å². The highest BCUT2D eigenvalue weighted by Crippen LogP contribution is 2.48. The number of rotatable bonds is 3. The lowest BCUT2D eigenvalue weighted by Gasteiger charge is -2.20. The SMILES string of the molecule is CC(C)n1ncc2cc(NC(=O)[C@H]3C[C@H]4CC[C@H]3C4)cnc21. The summed E-state index contributed by atoms with van der Waals surface area (Å²) in [4.78, 5) is 17.0. The molecule has 2 aliphatic carbocycles. The zero-order valence-electron chi connectivity index (χ0n) is 13.1. The molecule has 2 bridgehead atoms. The van der Waals surface area contributed by atoms with Gasteiger partial charge in [0.1, 0.15) is 0 Å². The second-order valence-corrected chi connectivity index (χ2v) is 7.09. The normalized spacial score (nSPS) is 27.0. The Balaban J connectivity index is 1.53. The van der Waals surface area contributed by atoms with E-state index in [4.69, 9.17) is 0 Å². The molecule has 1 amide bonds. The highest BCUT2D eigenvalue weighted by atomic mass is 16.1. The number of amides is 1. The first-order chi connectivity index (χ1) is 10.6. The number of fused-ring (bicyclic) bond motifs is 3. The third-order valence-electron chi connectivity index (χ3n) is 5.26. The van der Waals surface area contributed by atoms with Crippen molar-refractivity contribution >= 4 is 22.6 Å². The molecule has 0 aliphatic heterocycles. The number of carbonyl (C=O) groups is 1. The first-order valence-corrected chi connectivity index (χ1v) is 8.26. The van der Waals surface area contributed by atoms with Crippen LogP contribution in [0.25, 0.3) is 11.0 Å². The molecule has 2 aliphatic rings. The van der Waals surface area contributed by atoms with Crippen LogP contribution in [0.2, 0.25) is 0 Å². The van der Waals surface area contributed by atoms with Crippen LogP contribution < -0.4 is 5.32 Å². The summed E-state index contributed by atoms with van der Waals surface area (Å²) in [5, 5.41) is 8.40. The van der Waals surface area contributed by atoms with Gasteiger partial charge in [0.05, 0.1) is 18.1 Å². The molecule has 4 rings (SSSR count). The Morgan fingerprint density at radius 2 is 2.18 bits per heavy atom. The van der Waals surface area contributed by atoms with Gasteiger partial charge in [0, 0.05) is 17.3 Å². The van der Waals surface area contributed by atoms with Gasteiger partial charge >= 0.3 is 0 Å². The molecule has 2 aromatic rings. The van der Waals surface area contributed by atoms with E-state index in [0.29, 0.717) is 5.92 Å². The van der Waals surface area contributed by atoms with E-state index in [2.05, 4.69) is 29.2 Å². The summed E-state index contributed by atoms with van der Waals surface area (Å²) >= 11 is 0. The molecule has 2 fully saturated rings. The van der Waals surface area contributed by atoms with E-state index in [1.807, 2.05) is 16.9 Å². The Kier molecular flexibility index (Phi) is 3.17. The molecular weight excluding hydrogens is 276 g/mol. The smallest absolute Gasteiger partial charge is 0.227 e. The van der Waals surface area contributed by atoms with Crippen LogP contribution in [0.1, 0.15) is 45.6 Å². The number of aromatic nitrogens is 3. The molecule has 2 aromatic heterocycles. The molecule has 116 valence electrons. The zero-order valence-corrected chi connectivity index (χ0v) is 13.1. The number of pyridine rings is 1. The fourth-order valence-corrected chi connectivity index (χ4v) is 4.19. The molecule has 0 unspecified atom stereocenters. The predicted octanol–water partition coefficient (Wildman–Crippen LogP) is 3.39. The molecule has 2 heterocycles. The summed E-state index contributed by atoms with van der Waals surface area (Å²) in [6, 6.07) is 2.25. The van der Waals surface area contributed by atoms with Crippen molar-refractivity contribution in [1.82, 2.24) is 14.8 Å². The Hall–Kier alpha value is -1.91. The largest absolute Gasteiger partial charge is 0.324 e. The van der Waals surface area contributed by atoms with Crippen molar-refractivity contribution in [3.8, 4) is 0 Å². The summed E-state index contributed by atoms with van der Waals surface area (Å²) < 4.78 is 1.90. The summed E-state index contributed by atoms with van der Waals surface area (Å²) in [5.74, 6) is 1.76. The third-order valence-corrected chi connectivity index (χ3v) is 5.26. The van der Waals surface area contributed by atoms with Crippen molar-refractivity contribution in [2.45, 2.75) is 45.6 Å². The summed E-state index contributed by atoms with van der Waals surface area (Å²) in [5.41, 5.74) is 1.65. The molecule has 1 N–H and O–H groups in total. The van der Waals surface area contributed by atoms with Crippen molar-refractivity contribution in [3.63, 3.8) is 0 Å². The minimum Gasteiger partial charge on any atom is -0.324 e. The van der Waals surface area contributed by atoms with Crippen molar-refractivity contribution in [2.75, 3.05) is 5.32 Å². The minimum absolute atomic E-state index is 0.171. The van der Waals surface area contributed by atoms with Crippen LogP contribution in [0.4, 0.5) is 5.69 Å². The first kappa shape index (κ1) is 13.7. The Morgan fingerprint density at radius 3 is 2.86 bits per heavy atom. The highest BCUT2D eigenvalue weighted by molar-refractivity contribution is 5.94. The van der Waals surface area contributed by atoms with Gasteiger partial charge in [-0.15, -0.1) is 0 Å². The number of carbonyl (C=O) groups excluding carboxylic acids is 1. The van der Waals surface area contributed by atoms with Crippen LogP contribution in [0.5, 0.6) is 0 Å². The number of anilines is 1. The van der Waals surface area contributed by atoms with Gasteiger partial charge in [0.25, 0.3) is 0 Å². The molecule has 3 atom stereocenters. The average Bonchev–Trinajstić information content (AvgIpc) is 3.21. The molecule has 0 aromatic carbocycles. The van der Waals surface area contributed by atoms with Crippen LogP contribution in [0.3, 0.4) is 0 Å². The second kappa shape index (κ2) is 5.07. The van der Waals surface area contributed by atoms with Gasteiger partial charge in [-0.25, -0.2) is 9.67 Å². The Morgan fingerprint density at radius 1 is 1.32 bits per heavy atom. The van der Waals surface area contributed by atoms with Gasteiger partial charge in [-0.05, 0) is 51.0 Å².